The van der Waals surface area contributed by atoms with Gasteiger partial charge in [0, 0.05) is 7.05 Å². The van der Waals surface area contributed by atoms with E-state index < -0.39 is 0 Å². The van der Waals surface area contributed by atoms with E-state index in [0.29, 0.717) is 0 Å². The van der Waals surface area contributed by atoms with Gasteiger partial charge in [-0.25, -0.2) is 4.39 Å². The van der Waals surface area contributed by atoms with E-state index >= 15 is 0 Å². The molecule has 0 N–H and O–H groups in total. The lowest BCUT2D eigenvalue weighted by Crippen LogP contribution is -2.19. The second kappa shape index (κ2) is 5.29. The summed E-state index contributed by atoms with van der Waals surface area (Å²) in [6.45, 7) is 5.71. The van der Waals surface area contributed by atoms with Crippen LogP contribution in [0.15, 0.2) is 42.0 Å². The smallest absolute Gasteiger partial charge is 0.123 e. The molecule has 0 saturated heterocycles. The number of benzene rings is 1. The monoisotopic (exact) mass is 206 g/mol. The molecule has 0 spiro atoms. The first-order valence-electron chi connectivity index (χ1n) is 4.76. The lowest BCUT2D eigenvalue weighted by Gasteiger charge is -2.23. The van der Waals surface area contributed by atoms with E-state index in [2.05, 4.69) is 11.6 Å². The lowest BCUT2D eigenvalue weighted by atomic mass is 10.1. The van der Waals surface area contributed by atoms with Gasteiger partial charge in [-0.3, -0.25) is 4.99 Å². The third-order valence-corrected chi connectivity index (χ3v) is 2.26. The van der Waals surface area contributed by atoms with Gasteiger partial charge in [-0.05, 0) is 30.8 Å². The minimum absolute atomic E-state index is 0.104. The number of aliphatic imine (C=N–C) groups is 1. The quantitative estimate of drug-likeness (QED) is 0.546. The highest BCUT2D eigenvalue weighted by Gasteiger charge is 2.09. The fourth-order valence-electron chi connectivity index (χ4n) is 1.35. The van der Waals surface area contributed by atoms with Crippen LogP contribution in [-0.4, -0.2) is 18.3 Å². The molecule has 0 aliphatic carbocycles. The maximum atomic E-state index is 12.7. The van der Waals surface area contributed by atoms with Crippen molar-refractivity contribution in [3.63, 3.8) is 0 Å². The first-order valence-corrected chi connectivity index (χ1v) is 4.76. The predicted molar refractivity (Wildman–Crippen MR) is 61.3 cm³/mol. The molecule has 0 heterocycles. The van der Waals surface area contributed by atoms with Gasteiger partial charge in [-0.15, -0.1) is 0 Å². The summed E-state index contributed by atoms with van der Waals surface area (Å²) in [5, 5.41) is 0. The Labute approximate surface area is 89.8 Å². The Hall–Kier alpha value is -1.64. The predicted octanol–water partition coefficient (Wildman–Crippen LogP) is 2.99. The molecule has 3 heteroatoms. The molecule has 1 rings (SSSR count). The van der Waals surface area contributed by atoms with Crippen LogP contribution in [-0.2, 0) is 0 Å². The van der Waals surface area contributed by atoms with E-state index in [1.807, 2.05) is 11.8 Å². The van der Waals surface area contributed by atoms with Crippen molar-refractivity contribution in [1.29, 1.82) is 0 Å². The Morgan fingerprint density at radius 2 is 2.00 bits per heavy atom. The zero-order valence-electron chi connectivity index (χ0n) is 9.02. The third kappa shape index (κ3) is 2.91. The van der Waals surface area contributed by atoms with Crippen LogP contribution in [0.3, 0.4) is 0 Å². The van der Waals surface area contributed by atoms with E-state index in [1.165, 1.54) is 12.1 Å². The van der Waals surface area contributed by atoms with Crippen molar-refractivity contribution in [3.8, 4) is 0 Å². The van der Waals surface area contributed by atoms with Crippen molar-refractivity contribution in [1.82, 2.24) is 4.90 Å². The van der Waals surface area contributed by atoms with Crippen molar-refractivity contribution in [2.24, 2.45) is 4.99 Å². The largest absolute Gasteiger partial charge is 0.333 e. The third-order valence-electron chi connectivity index (χ3n) is 2.26. The molecule has 0 aliphatic heterocycles. The summed E-state index contributed by atoms with van der Waals surface area (Å²) < 4.78 is 12.7. The van der Waals surface area contributed by atoms with Gasteiger partial charge in [-0.1, -0.05) is 18.7 Å². The minimum Gasteiger partial charge on any atom is -0.333 e. The molecular formula is C12H15FN2. The Morgan fingerprint density at radius 3 is 2.47 bits per heavy atom. The van der Waals surface area contributed by atoms with Gasteiger partial charge in [0.1, 0.15) is 5.82 Å². The first kappa shape index (κ1) is 11.4. The Balaban J connectivity index is 2.87. The van der Waals surface area contributed by atoms with E-state index in [4.69, 9.17) is 0 Å². The second-order valence-corrected chi connectivity index (χ2v) is 3.23. The fraction of sp³-hybridized carbons (Fsp3) is 0.250. The van der Waals surface area contributed by atoms with Crippen molar-refractivity contribution in [3.05, 3.63) is 48.4 Å². The van der Waals surface area contributed by atoms with E-state index in [-0.39, 0.29) is 11.9 Å². The molecule has 1 unspecified atom stereocenters. The first-order chi connectivity index (χ1) is 7.19. The molecule has 0 aromatic heterocycles. The van der Waals surface area contributed by atoms with Crippen LogP contribution in [0.4, 0.5) is 4.39 Å². The number of rotatable bonds is 4. The summed E-state index contributed by atoms with van der Waals surface area (Å²) in [5.74, 6) is -0.222. The molecule has 1 aromatic carbocycles. The number of hydrogen-bond acceptors (Lipinski definition) is 1. The average Bonchev–Trinajstić information content (AvgIpc) is 2.26. The van der Waals surface area contributed by atoms with Gasteiger partial charge in [0.2, 0.25) is 0 Å². The number of halogens is 1. The zero-order chi connectivity index (χ0) is 11.3. The molecule has 0 radical (unpaired) electrons. The molecule has 80 valence electrons. The van der Waals surface area contributed by atoms with E-state index in [9.17, 15) is 4.39 Å². The van der Waals surface area contributed by atoms with Crippen molar-refractivity contribution < 1.29 is 4.39 Å². The van der Waals surface area contributed by atoms with Gasteiger partial charge in [-0.2, -0.15) is 0 Å². The van der Waals surface area contributed by atoms with Gasteiger partial charge in [0.05, 0.1) is 12.4 Å². The molecule has 0 bridgehead atoms. The van der Waals surface area contributed by atoms with Crippen LogP contribution in [0.2, 0.25) is 0 Å². The van der Waals surface area contributed by atoms with Crippen LogP contribution in [0.25, 0.3) is 0 Å². The molecular weight excluding hydrogens is 191 g/mol. The van der Waals surface area contributed by atoms with Crippen LogP contribution in [0.1, 0.15) is 18.5 Å². The normalized spacial score (nSPS) is 12.7. The lowest BCUT2D eigenvalue weighted by molar-refractivity contribution is 0.455. The molecule has 0 amide bonds. The summed E-state index contributed by atoms with van der Waals surface area (Å²) in [6.07, 6.45) is 3.39. The molecule has 0 saturated carbocycles. The number of nitrogens with zero attached hydrogens (tertiary/aromatic N) is 2. The topological polar surface area (TPSA) is 15.6 Å². The van der Waals surface area contributed by atoms with E-state index in [1.54, 1.807) is 31.7 Å². The molecule has 2 nitrogen and oxygen atoms in total. The molecule has 0 aliphatic rings. The highest BCUT2D eigenvalue weighted by atomic mass is 19.1. The Morgan fingerprint density at radius 1 is 1.40 bits per heavy atom. The van der Waals surface area contributed by atoms with Gasteiger partial charge in [0.15, 0.2) is 0 Å². The highest BCUT2D eigenvalue weighted by Crippen LogP contribution is 2.19. The maximum absolute atomic E-state index is 12.7. The Bertz CT molecular complexity index is 343. The van der Waals surface area contributed by atoms with Crippen LogP contribution < -0.4 is 0 Å². The molecule has 1 aromatic rings. The summed E-state index contributed by atoms with van der Waals surface area (Å²) in [5.41, 5.74) is 1.02. The number of hydrogen-bond donors (Lipinski definition) is 0. The summed E-state index contributed by atoms with van der Waals surface area (Å²) in [4.78, 5) is 5.79. The molecule has 1 atom stereocenters. The average molecular weight is 206 g/mol. The second-order valence-electron chi connectivity index (χ2n) is 3.23. The van der Waals surface area contributed by atoms with Crippen LogP contribution in [0.5, 0.6) is 0 Å². The highest BCUT2D eigenvalue weighted by molar-refractivity contribution is 5.57. The summed E-state index contributed by atoms with van der Waals surface area (Å²) in [7, 11) is 1.70. The van der Waals surface area contributed by atoms with Gasteiger partial charge >= 0.3 is 0 Å². The van der Waals surface area contributed by atoms with Crippen molar-refractivity contribution >= 4 is 6.34 Å². The summed E-state index contributed by atoms with van der Waals surface area (Å²) in [6, 6.07) is 6.54. The molecule has 15 heavy (non-hydrogen) atoms. The zero-order valence-corrected chi connectivity index (χ0v) is 9.02. The fourth-order valence-corrected chi connectivity index (χ4v) is 1.35. The molecule has 0 fully saturated rings. The maximum Gasteiger partial charge on any atom is 0.123 e. The minimum atomic E-state index is -0.222. The van der Waals surface area contributed by atoms with Crippen LogP contribution >= 0.6 is 0 Å². The van der Waals surface area contributed by atoms with Crippen LogP contribution in [0, 0.1) is 5.82 Å². The van der Waals surface area contributed by atoms with Gasteiger partial charge < -0.3 is 4.90 Å². The van der Waals surface area contributed by atoms with E-state index in [0.717, 1.165) is 5.56 Å². The standard InChI is InChI=1S/C12H15FN2/c1-4-15(9-14-3)10(2)11-5-7-12(13)8-6-11/h4-10H,1H2,2-3H3. The van der Waals surface area contributed by atoms with Crippen molar-refractivity contribution in [2.45, 2.75) is 13.0 Å². The van der Waals surface area contributed by atoms with Gasteiger partial charge in [0.25, 0.3) is 0 Å². The summed E-state index contributed by atoms with van der Waals surface area (Å²) >= 11 is 0. The SMILES string of the molecule is C=CN(C=NC)C(C)c1ccc(F)cc1. The Kier molecular flexibility index (Phi) is 4.03. The van der Waals surface area contributed by atoms with Crippen molar-refractivity contribution in [2.75, 3.05) is 7.05 Å².